The molecule has 2 N–H and O–H groups in total. The van der Waals surface area contributed by atoms with Gasteiger partial charge in [-0.2, -0.15) is 0 Å². The summed E-state index contributed by atoms with van der Waals surface area (Å²) < 4.78 is 5.51. The third kappa shape index (κ3) is 4.55. The molecule has 1 aliphatic rings. The van der Waals surface area contributed by atoms with Crippen LogP contribution in [-0.2, 0) is 14.9 Å². The Morgan fingerprint density at radius 1 is 1.24 bits per heavy atom. The molecule has 116 valence electrons. The molecule has 21 heavy (non-hydrogen) atoms. The van der Waals surface area contributed by atoms with Crippen LogP contribution < -0.4 is 10.6 Å². The van der Waals surface area contributed by atoms with E-state index < -0.39 is 0 Å². The molecule has 0 bridgehead atoms. The molecule has 0 saturated carbocycles. The number of carbonyl (C=O) groups is 1. The lowest BCUT2D eigenvalue weighted by molar-refractivity contribution is -0.121. The van der Waals surface area contributed by atoms with Gasteiger partial charge in [-0.1, -0.05) is 30.3 Å². The predicted molar refractivity (Wildman–Crippen MR) is 84.3 cm³/mol. The molecule has 0 atom stereocenters. The summed E-state index contributed by atoms with van der Waals surface area (Å²) in [7, 11) is 1.91. The van der Waals surface area contributed by atoms with Crippen LogP contribution in [0.15, 0.2) is 30.3 Å². The first-order valence-corrected chi connectivity index (χ1v) is 7.81. The molecule has 1 heterocycles. The topological polar surface area (TPSA) is 50.4 Å². The van der Waals surface area contributed by atoms with Crippen molar-refractivity contribution in [1.82, 2.24) is 10.6 Å². The number of hydrogen-bond acceptors (Lipinski definition) is 3. The van der Waals surface area contributed by atoms with Crippen LogP contribution in [0.2, 0.25) is 0 Å². The van der Waals surface area contributed by atoms with Crippen molar-refractivity contribution in [2.45, 2.75) is 31.1 Å². The van der Waals surface area contributed by atoms with Gasteiger partial charge in [0.25, 0.3) is 0 Å². The third-order valence-electron chi connectivity index (χ3n) is 4.29. The minimum absolute atomic E-state index is 0.0260. The van der Waals surface area contributed by atoms with Gasteiger partial charge in [0.05, 0.1) is 0 Å². The van der Waals surface area contributed by atoms with E-state index in [1.165, 1.54) is 5.56 Å². The van der Waals surface area contributed by atoms with Gasteiger partial charge in [-0.25, -0.2) is 0 Å². The van der Waals surface area contributed by atoms with Crippen LogP contribution in [0.1, 0.15) is 31.2 Å². The first-order valence-electron chi connectivity index (χ1n) is 7.81. The fraction of sp³-hybridized carbons (Fsp3) is 0.588. The minimum Gasteiger partial charge on any atom is -0.381 e. The normalized spacial score (nSPS) is 17.4. The molecule has 0 unspecified atom stereocenters. The summed E-state index contributed by atoms with van der Waals surface area (Å²) in [4.78, 5) is 12.0. The molecule has 1 aromatic rings. The number of benzene rings is 1. The van der Waals surface area contributed by atoms with E-state index in [1.807, 2.05) is 13.1 Å². The Balaban J connectivity index is 1.96. The highest BCUT2D eigenvalue weighted by Crippen LogP contribution is 2.34. The van der Waals surface area contributed by atoms with Crippen LogP contribution in [0.25, 0.3) is 0 Å². The maximum absolute atomic E-state index is 12.0. The van der Waals surface area contributed by atoms with E-state index in [4.69, 9.17) is 4.74 Å². The van der Waals surface area contributed by atoms with E-state index in [0.717, 1.165) is 39.0 Å². The van der Waals surface area contributed by atoms with Gasteiger partial charge in [-0.15, -0.1) is 0 Å². The summed E-state index contributed by atoms with van der Waals surface area (Å²) in [6.07, 6.45) is 3.40. The SMILES string of the molecule is CNCCCC(=O)NCC1(c2ccccc2)CCOCC1. The van der Waals surface area contributed by atoms with Crippen LogP contribution >= 0.6 is 0 Å². The molecule has 1 aliphatic heterocycles. The van der Waals surface area contributed by atoms with Gasteiger partial charge in [0.15, 0.2) is 0 Å². The Morgan fingerprint density at radius 2 is 1.95 bits per heavy atom. The van der Waals surface area contributed by atoms with Crippen molar-refractivity contribution < 1.29 is 9.53 Å². The maximum atomic E-state index is 12.0. The fourth-order valence-corrected chi connectivity index (χ4v) is 2.90. The Kier molecular flexibility index (Phi) is 6.21. The molecule has 1 amide bonds. The molecule has 0 radical (unpaired) electrons. The van der Waals surface area contributed by atoms with Crippen LogP contribution in [0.5, 0.6) is 0 Å². The van der Waals surface area contributed by atoms with Crippen LogP contribution in [0.3, 0.4) is 0 Å². The van der Waals surface area contributed by atoms with Crippen molar-refractivity contribution in [3.05, 3.63) is 35.9 Å². The number of rotatable bonds is 7. The van der Waals surface area contributed by atoms with Crippen molar-refractivity contribution >= 4 is 5.91 Å². The van der Waals surface area contributed by atoms with Crippen molar-refractivity contribution in [1.29, 1.82) is 0 Å². The zero-order valence-electron chi connectivity index (χ0n) is 12.9. The standard InChI is InChI=1S/C17H26N2O2/c1-18-11-5-8-16(20)19-14-17(9-12-21-13-10-17)15-6-3-2-4-7-15/h2-4,6-7,18H,5,8-14H2,1H3,(H,19,20). The second-order valence-corrected chi connectivity index (χ2v) is 5.74. The summed E-state index contributed by atoms with van der Waals surface area (Å²) in [6, 6.07) is 10.5. The smallest absolute Gasteiger partial charge is 0.220 e. The van der Waals surface area contributed by atoms with Crippen LogP contribution in [0, 0.1) is 0 Å². The molecular formula is C17H26N2O2. The lowest BCUT2D eigenvalue weighted by Gasteiger charge is -2.38. The average molecular weight is 290 g/mol. The molecule has 4 nitrogen and oxygen atoms in total. The average Bonchev–Trinajstić information content (AvgIpc) is 2.55. The molecule has 1 fully saturated rings. The fourth-order valence-electron chi connectivity index (χ4n) is 2.90. The quantitative estimate of drug-likeness (QED) is 0.754. The van der Waals surface area contributed by atoms with Crippen molar-refractivity contribution in [3.63, 3.8) is 0 Å². The number of nitrogens with one attached hydrogen (secondary N) is 2. The third-order valence-corrected chi connectivity index (χ3v) is 4.29. The highest BCUT2D eigenvalue weighted by molar-refractivity contribution is 5.76. The molecule has 0 aromatic heterocycles. The van der Waals surface area contributed by atoms with Gasteiger partial charge in [-0.3, -0.25) is 4.79 Å². The molecule has 0 aliphatic carbocycles. The van der Waals surface area contributed by atoms with E-state index in [-0.39, 0.29) is 11.3 Å². The number of carbonyl (C=O) groups excluding carboxylic acids is 1. The number of amides is 1. The highest BCUT2D eigenvalue weighted by atomic mass is 16.5. The van der Waals surface area contributed by atoms with Crippen molar-refractivity contribution in [2.75, 3.05) is 33.4 Å². The summed E-state index contributed by atoms with van der Waals surface area (Å²) >= 11 is 0. The summed E-state index contributed by atoms with van der Waals surface area (Å²) in [5.74, 6) is 0.145. The second kappa shape index (κ2) is 8.15. The van der Waals surface area contributed by atoms with Gasteiger partial charge in [0.2, 0.25) is 5.91 Å². The summed E-state index contributed by atoms with van der Waals surface area (Å²) in [5, 5.41) is 6.19. The molecule has 1 saturated heterocycles. The second-order valence-electron chi connectivity index (χ2n) is 5.74. The van der Waals surface area contributed by atoms with Crippen molar-refractivity contribution in [3.8, 4) is 0 Å². The van der Waals surface area contributed by atoms with Crippen LogP contribution in [0.4, 0.5) is 0 Å². The van der Waals surface area contributed by atoms with Crippen molar-refractivity contribution in [2.24, 2.45) is 0 Å². The summed E-state index contributed by atoms with van der Waals surface area (Å²) in [5.41, 5.74) is 1.34. The highest BCUT2D eigenvalue weighted by Gasteiger charge is 2.34. The Bertz CT molecular complexity index is 428. The van der Waals surface area contributed by atoms with Gasteiger partial charge in [-0.05, 0) is 38.4 Å². The monoisotopic (exact) mass is 290 g/mol. The zero-order chi connectivity index (χ0) is 15.0. The number of hydrogen-bond donors (Lipinski definition) is 2. The minimum atomic E-state index is 0.0260. The van der Waals surface area contributed by atoms with Crippen LogP contribution in [-0.4, -0.2) is 39.3 Å². The van der Waals surface area contributed by atoms with Gasteiger partial charge < -0.3 is 15.4 Å². The van der Waals surface area contributed by atoms with E-state index in [9.17, 15) is 4.79 Å². The van der Waals surface area contributed by atoms with Gasteiger partial charge in [0.1, 0.15) is 0 Å². The van der Waals surface area contributed by atoms with Gasteiger partial charge in [0, 0.05) is 31.6 Å². The lowest BCUT2D eigenvalue weighted by atomic mass is 9.74. The summed E-state index contributed by atoms with van der Waals surface area (Å²) in [6.45, 7) is 3.12. The lowest BCUT2D eigenvalue weighted by Crippen LogP contribution is -2.44. The Labute approximate surface area is 127 Å². The maximum Gasteiger partial charge on any atom is 0.220 e. The molecule has 2 rings (SSSR count). The van der Waals surface area contributed by atoms with E-state index >= 15 is 0 Å². The zero-order valence-corrected chi connectivity index (χ0v) is 12.9. The molecular weight excluding hydrogens is 264 g/mol. The molecule has 0 spiro atoms. The van der Waals surface area contributed by atoms with E-state index in [1.54, 1.807) is 0 Å². The van der Waals surface area contributed by atoms with E-state index in [2.05, 4.69) is 34.9 Å². The molecule has 1 aromatic carbocycles. The van der Waals surface area contributed by atoms with E-state index in [0.29, 0.717) is 13.0 Å². The molecule has 4 heteroatoms. The Morgan fingerprint density at radius 3 is 2.62 bits per heavy atom. The number of ether oxygens (including phenoxy) is 1. The largest absolute Gasteiger partial charge is 0.381 e. The predicted octanol–water partition coefficient (Wildman–Crippen LogP) is 1.85. The first kappa shape index (κ1) is 16.0. The Hall–Kier alpha value is -1.39. The van der Waals surface area contributed by atoms with Gasteiger partial charge >= 0.3 is 0 Å². The first-order chi connectivity index (χ1) is 10.3.